The summed E-state index contributed by atoms with van der Waals surface area (Å²) in [6.07, 6.45) is 1.03. The van der Waals surface area contributed by atoms with Crippen molar-refractivity contribution >= 4 is 42.5 Å². The van der Waals surface area contributed by atoms with E-state index in [2.05, 4.69) is 151 Å². The fourth-order valence-electron chi connectivity index (χ4n) is 4.14. The van der Waals surface area contributed by atoms with Crippen molar-refractivity contribution in [2.24, 2.45) is 0 Å². The third kappa shape index (κ3) is 5.43. The second-order valence-corrected chi connectivity index (χ2v) is 12.4. The van der Waals surface area contributed by atoms with Crippen LogP contribution in [-0.2, 0) is 6.16 Å². The van der Waals surface area contributed by atoms with Gasteiger partial charge in [0, 0.05) is 11.7 Å². The van der Waals surface area contributed by atoms with Gasteiger partial charge in [-0.05, 0) is 48.4 Å². The minimum Gasteiger partial charge on any atom is -0.0622 e. The molecule has 0 radical (unpaired) electrons. The molecule has 0 bridgehead atoms. The molecule has 0 fully saturated rings. The Kier molecular flexibility index (Phi) is 7.42. The van der Waals surface area contributed by atoms with Gasteiger partial charge in [-0.2, -0.15) is 0 Å². The van der Waals surface area contributed by atoms with Crippen LogP contribution in [0.1, 0.15) is 11.1 Å². The molecule has 0 aliphatic carbocycles. The lowest BCUT2D eigenvalue weighted by molar-refractivity contribution is 1.39. The van der Waals surface area contributed by atoms with Crippen LogP contribution in [-0.4, -0.2) is 5.80 Å². The summed E-state index contributed by atoms with van der Waals surface area (Å²) < 4.78 is 0. The highest BCUT2D eigenvalue weighted by atomic mass is 31.1. The summed E-state index contributed by atoms with van der Waals surface area (Å²) in [5, 5.41) is 5.61. The van der Waals surface area contributed by atoms with Gasteiger partial charge in [0.2, 0.25) is 0 Å². The highest BCUT2D eigenvalue weighted by Crippen LogP contribution is 2.39. The zero-order valence-corrected chi connectivity index (χ0v) is 20.8. The fraction of sp³-hybridized carbons (Fsp3) is 0.0312. The van der Waals surface area contributed by atoms with Gasteiger partial charge >= 0.3 is 0 Å². The minimum absolute atomic E-state index is 0.490. The van der Waals surface area contributed by atoms with E-state index in [1.165, 1.54) is 32.3 Å². The van der Waals surface area contributed by atoms with Gasteiger partial charge in [-0.1, -0.05) is 121 Å². The van der Waals surface area contributed by atoms with Crippen LogP contribution in [0.25, 0.3) is 0 Å². The standard InChI is InChI=1S/C32H27P2/c1-5-17-29(18-6-1)33(30-19-7-2-8-20-30)25-27-15-13-14-16-28(27)26-34(31-21-9-3-10-22-31)32-23-11-4-12-24-32/h1-25H,26H2/q+1. The smallest absolute Gasteiger partial charge is 0.0622 e. The summed E-state index contributed by atoms with van der Waals surface area (Å²) in [6.45, 7) is 0. The van der Waals surface area contributed by atoms with Crippen LogP contribution < -0.4 is 21.2 Å². The Morgan fingerprint density at radius 1 is 0.471 bits per heavy atom. The molecule has 0 atom stereocenters. The van der Waals surface area contributed by atoms with E-state index < -0.39 is 15.5 Å². The number of rotatable bonds is 7. The van der Waals surface area contributed by atoms with Crippen molar-refractivity contribution in [1.82, 2.24) is 0 Å². The molecule has 5 aromatic carbocycles. The van der Waals surface area contributed by atoms with Gasteiger partial charge < -0.3 is 0 Å². The fourth-order valence-corrected chi connectivity index (χ4v) is 8.61. The molecule has 0 heterocycles. The number of hydrogen-bond donors (Lipinski definition) is 0. The zero-order valence-electron chi connectivity index (χ0n) is 19.0. The molecule has 5 aromatic rings. The van der Waals surface area contributed by atoms with Crippen molar-refractivity contribution in [2.45, 2.75) is 6.16 Å². The second-order valence-electron chi connectivity index (χ2n) is 8.13. The number of benzene rings is 5. The van der Waals surface area contributed by atoms with E-state index >= 15 is 0 Å². The SMILES string of the molecule is C(c1ccccc1CP(c1ccccc1)c1ccccc1)=[P+](c1ccccc1)c1ccccc1. The molecule has 0 unspecified atom stereocenters. The molecule has 5 rings (SSSR count). The average molecular weight is 474 g/mol. The molecular formula is C32H27P2+. The quantitative estimate of drug-likeness (QED) is 0.234. The maximum absolute atomic E-state index is 2.51. The van der Waals surface area contributed by atoms with Crippen molar-refractivity contribution in [1.29, 1.82) is 0 Å². The summed E-state index contributed by atoms with van der Waals surface area (Å²) in [7, 11) is -1.08. The lowest BCUT2D eigenvalue weighted by Crippen LogP contribution is -2.14. The van der Waals surface area contributed by atoms with Gasteiger partial charge in [0.1, 0.15) is 5.80 Å². The molecule has 0 saturated heterocycles. The van der Waals surface area contributed by atoms with Gasteiger partial charge in [-0.25, -0.2) is 0 Å². The lowest BCUT2D eigenvalue weighted by atomic mass is 10.1. The van der Waals surface area contributed by atoms with Crippen LogP contribution in [0.5, 0.6) is 0 Å². The summed E-state index contributed by atoms with van der Waals surface area (Å²) in [5.41, 5.74) is 2.77. The summed E-state index contributed by atoms with van der Waals surface area (Å²) in [4.78, 5) is 0. The molecule has 0 aliphatic heterocycles. The Balaban J connectivity index is 1.59. The van der Waals surface area contributed by atoms with Gasteiger partial charge in [0.05, 0.1) is 0 Å². The van der Waals surface area contributed by atoms with Gasteiger partial charge in [0.25, 0.3) is 0 Å². The molecule has 0 spiro atoms. The first-order chi connectivity index (χ1) is 16.9. The zero-order chi connectivity index (χ0) is 23.0. The molecule has 0 saturated carbocycles. The first-order valence-corrected chi connectivity index (χ1v) is 14.5. The van der Waals surface area contributed by atoms with Gasteiger partial charge in [-0.15, -0.1) is 0 Å². The topological polar surface area (TPSA) is 0 Å². The van der Waals surface area contributed by atoms with Gasteiger partial charge in [0.15, 0.2) is 18.2 Å². The van der Waals surface area contributed by atoms with Crippen molar-refractivity contribution < 1.29 is 0 Å². The van der Waals surface area contributed by atoms with Crippen molar-refractivity contribution in [3.63, 3.8) is 0 Å². The van der Waals surface area contributed by atoms with E-state index in [1.807, 2.05) is 0 Å². The average Bonchev–Trinajstić information content (AvgIpc) is 2.93. The second kappa shape index (κ2) is 11.2. The molecule has 34 heavy (non-hydrogen) atoms. The summed E-state index contributed by atoms with van der Waals surface area (Å²) >= 11 is 0. The molecule has 164 valence electrons. The maximum Gasteiger partial charge on any atom is 0.170 e. The Morgan fingerprint density at radius 2 is 0.882 bits per heavy atom. The van der Waals surface area contributed by atoms with Crippen LogP contribution in [0.3, 0.4) is 0 Å². The van der Waals surface area contributed by atoms with E-state index in [0.29, 0.717) is 0 Å². The predicted molar refractivity (Wildman–Crippen MR) is 153 cm³/mol. The lowest BCUT2D eigenvalue weighted by Gasteiger charge is -2.19. The predicted octanol–water partition coefficient (Wildman–Crippen LogP) is 6.60. The normalized spacial score (nSPS) is 10.7. The Hall–Kier alpha value is -3.30. The molecule has 2 heteroatoms. The Labute approximate surface area is 205 Å². The molecular weight excluding hydrogens is 446 g/mol. The molecule has 0 aromatic heterocycles. The highest BCUT2D eigenvalue weighted by Gasteiger charge is 2.20. The van der Waals surface area contributed by atoms with Crippen LogP contribution in [0.4, 0.5) is 0 Å². The largest absolute Gasteiger partial charge is 0.170 e. The summed E-state index contributed by atoms with van der Waals surface area (Å²) in [6, 6.07) is 52.8. The van der Waals surface area contributed by atoms with Gasteiger partial charge in [-0.3, -0.25) is 0 Å². The van der Waals surface area contributed by atoms with E-state index in [1.54, 1.807) is 0 Å². The van der Waals surface area contributed by atoms with Crippen molar-refractivity contribution in [2.75, 3.05) is 0 Å². The monoisotopic (exact) mass is 473 g/mol. The van der Waals surface area contributed by atoms with Crippen LogP contribution >= 0.6 is 15.5 Å². The van der Waals surface area contributed by atoms with Crippen molar-refractivity contribution in [3.05, 3.63) is 157 Å². The minimum atomic E-state index is -0.595. The maximum atomic E-state index is 2.51. The van der Waals surface area contributed by atoms with E-state index in [0.717, 1.165) is 6.16 Å². The Morgan fingerprint density at radius 3 is 1.38 bits per heavy atom. The van der Waals surface area contributed by atoms with Crippen LogP contribution in [0.2, 0.25) is 0 Å². The first-order valence-electron chi connectivity index (χ1n) is 11.6. The first kappa shape index (κ1) is 22.5. The molecule has 0 aliphatic rings. The van der Waals surface area contributed by atoms with E-state index in [-0.39, 0.29) is 0 Å². The summed E-state index contributed by atoms with van der Waals surface area (Å²) in [5.74, 6) is 2.51. The van der Waals surface area contributed by atoms with Crippen LogP contribution in [0, 0.1) is 0 Å². The number of hydrogen-bond acceptors (Lipinski definition) is 0. The third-order valence-electron chi connectivity index (χ3n) is 5.86. The molecule has 0 N–H and O–H groups in total. The van der Waals surface area contributed by atoms with Crippen molar-refractivity contribution in [3.8, 4) is 0 Å². The molecule has 0 amide bonds. The highest BCUT2D eigenvalue weighted by molar-refractivity contribution is 7.73. The Bertz CT molecular complexity index is 1260. The third-order valence-corrected chi connectivity index (χ3v) is 10.6. The molecule has 0 nitrogen and oxygen atoms in total. The van der Waals surface area contributed by atoms with E-state index in [4.69, 9.17) is 0 Å². The van der Waals surface area contributed by atoms with E-state index in [9.17, 15) is 0 Å². The van der Waals surface area contributed by atoms with Crippen LogP contribution in [0.15, 0.2) is 146 Å².